The molecular weight excluding hydrogens is 334 g/mol. The van der Waals surface area contributed by atoms with Crippen LogP contribution in [-0.2, 0) is 6.42 Å². The lowest BCUT2D eigenvalue weighted by Crippen LogP contribution is -2.27. The van der Waals surface area contributed by atoms with Crippen molar-refractivity contribution in [2.24, 2.45) is 0 Å². The molecule has 0 radical (unpaired) electrons. The van der Waals surface area contributed by atoms with Gasteiger partial charge in [0.2, 0.25) is 0 Å². The Morgan fingerprint density at radius 3 is 2.56 bits per heavy atom. The Bertz CT molecular complexity index is 951. The number of carbonyl (C=O) groups excluding carboxylic acids is 1. The van der Waals surface area contributed by atoms with E-state index in [1.807, 2.05) is 41.0 Å². The highest BCUT2D eigenvalue weighted by atomic mass is 16.1. The Labute approximate surface area is 160 Å². The molecular formula is C23H23N3O. The molecule has 0 aliphatic rings. The van der Waals surface area contributed by atoms with Crippen LogP contribution in [0.4, 0.5) is 0 Å². The van der Waals surface area contributed by atoms with Gasteiger partial charge in [0.25, 0.3) is 5.91 Å². The van der Waals surface area contributed by atoms with Gasteiger partial charge in [-0.1, -0.05) is 61.9 Å². The lowest BCUT2D eigenvalue weighted by molar-refractivity contribution is 0.0946. The van der Waals surface area contributed by atoms with E-state index in [1.165, 1.54) is 5.56 Å². The Kier molecular flexibility index (Phi) is 6.06. The van der Waals surface area contributed by atoms with Gasteiger partial charge in [-0.2, -0.15) is 5.26 Å². The number of para-hydroxylation sites is 1. The topological polar surface area (TPSA) is 57.8 Å². The maximum atomic E-state index is 12.7. The quantitative estimate of drug-likeness (QED) is 0.634. The molecule has 1 aromatic heterocycles. The van der Waals surface area contributed by atoms with E-state index in [2.05, 4.69) is 36.5 Å². The number of nitrogens with zero attached hydrogens (tertiary/aromatic N) is 2. The van der Waals surface area contributed by atoms with Gasteiger partial charge in [0.05, 0.1) is 5.56 Å². The van der Waals surface area contributed by atoms with E-state index in [-0.39, 0.29) is 5.91 Å². The number of nitriles is 1. The molecule has 1 N–H and O–H groups in total. The number of unbranched alkanes of at least 4 members (excludes halogenated alkanes) is 1. The second-order valence-corrected chi connectivity index (χ2v) is 6.46. The molecule has 0 spiro atoms. The molecule has 0 atom stereocenters. The van der Waals surface area contributed by atoms with Crippen molar-refractivity contribution < 1.29 is 4.79 Å². The summed E-state index contributed by atoms with van der Waals surface area (Å²) in [5, 5.41) is 12.4. The number of rotatable bonds is 7. The lowest BCUT2D eigenvalue weighted by Gasteiger charge is -2.14. The largest absolute Gasteiger partial charge is 0.351 e. The molecule has 0 saturated carbocycles. The summed E-state index contributed by atoms with van der Waals surface area (Å²) in [4.78, 5) is 12.7. The van der Waals surface area contributed by atoms with Crippen LogP contribution in [0.25, 0.3) is 5.69 Å². The minimum absolute atomic E-state index is 0.209. The third-order valence-electron chi connectivity index (χ3n) is 4.53. The minimum Gasteiger partial charge on any atom is -0.351 e. The fourth-order valence-electron chi connectivity index (χ4n) is 3.13. The van der Waals surface area contributed by atoms with Gasteiger partial charge in [-0.3, -0.25) is 4.79 Å². The predicted molar refractivity (Wildman–Crippen MR) is 107 cm³/mol. The molecule has 3 rings (SSSR count). The highest BCUT2D eigenvalue weighted by Crippen LogP contribution is 2.23. The van der Waals surface area contributed by atoms with Gasteiger partial charge >= 0.3 is 0 Å². The third kappa shape index (κ3) is 4.27. The predicted octanol–water partition coefficient (Wildman–Crippen LogP) is 4.47. The van der Waals surface area contributed by atoms with E-state index in [0.29, 0.717) is 17.8 Å². The molecule has 0 aliphatic carbocycles. The van der Waals surface area contributed by atoms with Crippen LogP contribution in [0, 0.1) is 11.3 Å². The lowest BCUT2D eigenvalue weighted by atomic mass is 10.0. The van der Waals surface area contributed by atoms with Crippen LogP contribution in [0.1, 0.15) is 46.9 Å². The Morgan fingerprint density at radius 1 is 1.07 bits per heavy atom. The summed E-state index contributed by atoms with van der Waals surface area (Å²) < 4.78 is 1.83. The van der Waals surface area contributed by atoms with Gasteiger partial charge in [0, 0.05) is 18.4 Å². The monoisotopic (exact) mass is 357 g/mol. The standard InChI is InChI=1S/C23H23N3O/c1-2-3-14-25-23(27)22-20(17-24)13-15-26(22)21-12-8-7-11-19(21)16-18-9-5-4-6-10-18/h4-13,15H,2-3,14,16H2,1H3,(H,25,27). The molecule has 1 heterocycles. The van der Waals surface area contributed by atoms with Crippen LogP contribution in [0.15, 0.2) is 66.9 Å². The molecule has 2 aromatic carbocycles. The molecule has 136 valence electrons. The number of nitrogens with one attached hydrogen (secondary N) is 1. The molecule has 27 heavy (non-hydrogen) atoms. The number of carbonyl (C=O) groups is 1. The zero-order valence-electron chi connectivity index (χ0n) is 15.5. The summed E-state index contributed by atoms with van der Waals surface area (Å²) >= 11 is 0. The molecule has 4 heteroatoms. The number of amides is 1. The van der Waals surface area contributed by atoms with Crippen molar-refractivity contribution in [2.75, 3.05) is 6.54 Å². The summed E-state index contributed by atoms with van der Waals surface area (Å²) in [5.74, 6) is -0.209. The van der Waals surface area contributed by atoms with Crippen molar-refractivity contribution in [3.8, 4) is 11.8 Å². The van der Waals surface area contributed by atoms with E-state index >= 15 is 0 Å². The minimum atomic E-state index is -0.209. The van der Waals surface area contributed by atoms with Gasteiger partial charge in [0.15, 0.2) is 0 Å². The molecule has 0 aliphatic heterocycles. The van der Waals surface area contributed by atoms with Gasteiger partial charge in [-0.25, -0.2) is 0 Å². The average Bonchev–Trinajstić information content (AvgIpc) is 3.13. The number of hydrogen-bond acceptors (Lipinski definition) is 2. The SMILES string of the molecule is CCCCNC(=O)c1c(C#N)ccn1-c1ccccc1Cc1ccccc1. The highest BCUT2D eigenvalue weighted by molar-refractivity contribution is 5.96. The first-order valence-electron chi connectivity index (χ1n) is 9.26. The van der Waals surface area contributed by atoms with Crippen molar-refractivity contribution in [1.29, 1.82) is 5.26 Å². The van der Waals surface area contributed by atoms with Crippen LogP contribution in [0.3, 0.4) is 0 Å². The number of hydrogen-bond donors (Lipinski definition) is 1. The fourth-order valence-corrected chi connectivity index (χ4v) is 3.13. The van der Waals surface area contributed by atoms with Gasteiger partial charge in [0.1, 0.15) is 11.8 Å². The zero-order valence-corrected chi connectivity index (χ0v) is 15.5. The zero-order chi connectivity index (χ0) is 19.1. The van der Waals surface area contributed by atoms with Gasteiger partial charge in [-0.05, 0) is 36.1 Å². The van der Waals surface area contributed by atoms with Crippen molar-refractivity contribution in [3.63, 3.8) is 0 Å². The van der Waals surface area contributed by atoms with E-state index in [9.17, 15) is 10.1 Å². The van der Waals surface area contributed by atoms with Crippen molar-refractivity contribution in [2.45, 2.75) is 26.2 Å². The molecule has 1 amide bonds. The van der Waals surface area contributed by atoms with Crippen LogP contribution in [0.2, 0.25) is 0 Å². The van der Waals surface area contributed by atoms with Crippen LogP contribution < -0.4 is 5.32 Å². The molecule has 0 unspecified atom stereocenters. The molecule has 0 bridgehead atoms. The van der Waals surface area contributed by atoms with Crippen LogP contribution >= 0.6 is 0 Å². The summed E-state index contributed by atoms with van der Waals surface area (Å²) in [6, 6.07) is 22.1. The molecule has 0 saturated heterocycles. The molecule has 4 nitrogen and oxygen atoms in total. The Morgan fingerprint density at radius 2 is 1.81 bits per heavy atom. The second kappa shape index (κ2) is 8.86. The average molecular weight is 357 g/mol. The first-order chi connectivity index (χ1) is 13.2. The normalized spacial score (nSPS) is 10.4. The van der Waals surface area contributed by atoms with E-state index in [0.717, 1.165) is 30.5 Å². The van der Waals surface area contributed by atoms with Crippen molar-refractivity contribution >= 4 is 5.91 Å². The molecule has 0 fully saturated rings. The van der Waals surface area contributed by atoms with E-state index < -0.39 is 0 Å². The summed E-state index contributed by atoms with van der Waals surface area (Å²) in [5.41, 5.74) is 4.01. The van der Waals surface area contributed by atoms with Gasteiger partial charge < -0.3 is 9.88 Å². The number of benzene rings is 2. The maximum absolute atomic E-state index is 12.7. The van der Waals surface area contributed by atoms with Crippen molar-refractivity contribution in [3.05, 3.63) is 89.2 Å². The highest BCUT2D eigenvalue weighted by Gasteiger charge is 2.19. The Hall–Kier alpha value is -3.32. The van der Waals surface area contributed by atoms with Crippen LogP contribution in [0.5, 0.6) is 0 Å². The van der Waals surface area contributed by atoms with Crippen molar-refractivity contribution in [1.82, 2.24) is 9.88 Å². The Balaban J connectivity index is 1.99. The second-order valence-electron chi connectivity index (χ2n) is 6.46. The summed E-state index contributed by atoms with van der Waals surface area (Å²) in [6.45, 7) is 2.69. The van der Waals surface area contributed by atoms with E-state index in [4.69, 9.17) is 0 Å². The van der Waals surface area contributed by atoms with Gasteiger partial charge in [-0.15, -0.1) is 0 Å². The molecule has 3 aromatic rings. The smallest absolute Gasteiger partial charge is 0.269 e. The van der Waals surface area contributed by atoms with Crippen LogP contribution in [-0.4, -0.2) is 17.0 Å². The summed E-state index contributed by atoms with van der Waals surface area (Å²) in [6.07, 6.45) is 4.48. The number of aromatic nitrogens is 1. The summed E-state index contributed by atoms with van der Waals surface area (Å²) in [7, 11) is 0. The van der Waals surface area contributed by atoms with E-state index in [1.54, 1.807) is 12.3 Å². The fraction of sp³-hybridized carbons (Fsp3) is 0.217. The first kappa shape index (κ1) is 18.5. The third-order valence-corrected chi connectivity index (χ3v) is 4.53. The maximum Gasteiger partial charge on any atom is 0.269 e. The first-order valence-corrected chi connectivity index (χ1v) is 9.26.